The molecule has 0 saturated heterocycles. The van der Waals surface area contributed by atoms with Gasteiger partial charge in [0.15, 0.2) is 0 Å². The lowest BCUT2D eigenvalue weighted by Crippen LogP contribution is -2.20. The first kappa shape index (κ1) is 19.3. The highest BCUT2D eigenvalue weighted by Crippen LogP contribution is 2.37. The third kappa shape index (κ3) is 6.01. The Kier molecular flexibility index (Phi) is 6.04. The van der Waals surface area contributed by atoms with Crippen molar-refractivity contribution < 1.29 is 22.7 Å². The Labute approximate surface area is 156 Å². The summed E-state index contributed by atoms with van der Waals surface area (Å²) < 4.78 is 40.3. The maximum Gasteiger partial charge on any atom is 0.573 e. The molecule has 1 aliphatic carbocycles. The van der Waals surface area contributed by atoms with Crippen LogP contribution in [0.3, 0.4) is 0 Å². The average Bonchev–Trinajstić information content (AvgIpc) is 2.63. The van der Waals surface area contributed by atoms with E-state index in [-0.39, 0.29) is 11.7 Å². The van der Waals surface area contributed by atoms with E-state index in [0.717, 1.165) is 25.7 Å². The molecular weight excluding hydrogens is 355 g/mol. The van der Waals surface area contributed by atoms with Gasteiger partial charge >= 0.3 is 6.36 Å². The lowest BCUT2D eigenvalue weighted by molar-refractivity contribution is -0.274. The van der Waals surface area contributed by atoms with Crippen LogP contribution in [0.4, 0.5) is 18.9 Å². The van der Waals surface area contributed by atoms with Gasteiger partial charge in [0.1, 0.15) is 5.75 Å². The summed E-state index contributed by atoms with van der Waals surface area (Å²) in [7, 11) is 0. The minimum atomic E-state index is -4.72. The molecule has 3 nitrogen and oxygen atoms in total. The maximum absolute atomic E-state index is 12.2. The molecule has 0 unspecified atom stereocenters. The summed E-state index contributed by atoms with van der Waals surface area (Å²) in [5.74, 6) is 0.492. The topological polar surface area (TPSA) is 38.3 Å². The van der Waals surface area contributed by atoms with Gasteiger partial charge in [-0.15, -0.1) is 13.2 Å². The van der Waals surface area contributed by atoms with Gasteiger partial charge in [-0.05, 0) is 67.3 Å². The molecule has 1 fully saturated rings. The highest BCUT2D eigenvalue weighted by Gasteiger charge is 2.31. The third-order valence-corrected chi connectivity index (χ3v) is 4.96. The minimum absolute atomic E-state index is 0.109. The highest BCUT2D eigenvalue weighted by molar-refractivity contribution is 5.90. The third-order valence-electron chi connectivity index (χ3n) is 4.96. The lowest BCUT2D eigenvalue weighted by atomic mass is 9.77. The van der Waals surface area contributed by atoms with Gasteiger partial charge in [0.25, 0.3) is 0 Å². The first-order valence-electron chi connectivity index (χ1n) is 9.09. The predicted molar refractivity (Wildman–Crippen MR) is 97.5 cm³/mol. The normalized spacial score (nSPS) is 20.1. The molecule has 1 aliphatic rings. The summed E-state index contributed by atoms with van der Waals surface area (Å²) in [6.45, 7) is 0. The van der Waals surface area contributed by atoms with E-state index in [1.807, 2.05) is 6.07 Å². The fraction of sp³-hybridized carbons (Fsp3) is 0.381. The highest BCUT2D eigenvalue weighted by atomic mass is 19.4. The molecule has 3 rings (SSSR count). The summed E-state index contributed by atoms with van der Waals surface area (Å²) in [6, 6.07) is 15.6. The number of carbonyl (C=O) groups is 1. The Hall–Kier alpha value is -2.50. The van der Waals surface area contributed by atoms with Crippen molar-refractivity contribution >= 4 is 11.6 Å². The smallest absolute Gasteiger partial charge is 0.406 e. The summed E-state index contributed by atoms with van der Waals surface area (Å²) >= 11 is 0. The summed E-state index contributed by atoms with van der Waals surface area (Å²) in [4.78, 5) is 12.2. The first-order valence-corrected chi connectivity index (χ1v) is 9.09. The van der Waals surface area contributed by atoms with E-state index >= 15 is 0 Å². The largest absolute Gasteiger partial charge is 0.573 e. The molecule has 1 saturated carbocycles. The second-order valence-electron chi connectivity index (χ2n) is 6.95. The molecule has 0 atom stereocenters. The molecule has 0 aliphatic heterocycles. The van der Waals surface area contributed by atoms with E-state index in [0.29, 0.717) is 23.9 Å². The van der Waals surface area contributed by atoms with Crippen molar-refractivity contribution in [2.45, 2.75) is 44.4 Å². The Bertz CT molecular complexity index is 736. The molecule has 1 N–H and O–H groups in total. The van der Waals surface area contributed by atoms with Crippen molar-refractivity contribution in [3.8, 4) is 5.75 Å². The number of amides is 1. The molecule has 0 spiro atoms. The minimum Gasteiger partial charge on any atom is -0.406 e. The molecule has 2 aromatic rings. The van der Waals surface area contributed by atoms with Crippen LogP contribution in [0, 0.1) is 5.92 Å². The van der Waals surface area contributed by atoms with E-state index in [2.05, 4.69) is 34.3 Å². The van der Waals surface area contributed by atoms with Crippen molar-refractivity contribution in [1.82, 2.24) is 0 Å². The summed E-state index contributed by atoms with van der Waals surface area (Å²) in [5.41, 5.74) is 1.83. The van der Waals surface area contributed by atoms with Gasteiger partial charge in [-0.2, -0.15) is 0 Å². The number of carbonyl (C=O) groups excluding carboxylic acids is 1. The lowest BCUT2D eigenvalue weighted by Gasteiger charge is -2.28. The number of alkyl halides is 3. The summed E-state index contributed by atoms with van der Waals surface area (Å²) in [6.07, 6.45) is -0.126. The quantitative estimate of drug-likeness (QED) is 0.706. The fourth-order valence-electron chi connectivity index (χ4n) is 3.64. The number of halogens is 3. The van der Waals surface area contributed by atoms with Gasteiger partial charge in [-0.3, -0.25) is 4.79 Å². The number of nitrogens with one attached hydrogen (secondary N) is 1. The van der Waals surface area contributed by atoms with E-state index < -0.39 is 6.36 Å². The molecule has 6 heteroatoms. The summed E-state index contributed by atoms with van der Waals surface area (Å²) in [5, 5.41) is 2.75. The van der Waals surface area contributed by atoms with E-state index in [9.17, 15) is 18.0 Å². The van der Waals surface area contributed by atoms with E-state index in [1.165, 1.54) is 29.8 Å². The molecule has 144 valence electrons. The van der Waals surface area contributed by atoms with Crippen molar-refractivity contribution in [3.63, 3.8) is 0 Å². The van der Waals surface area contributed by atoms with Gasteiger partial charge < -0.3 is 10.1 Å². The molecule has 0 bridgehead atoms. The van der Waals surface area contributed by atoms with Gasteiger partial charge in [0.2, 0.25) is 5.91 Å². The van der Waals surface area contributed by atoms with Crippen LogP contribution >= 0.6 is 0 Å². The first-order chi connectivity index (χ1) is 12.9. The molecular formula is C21H22F3NO2. The van der Waals surface area contributed by atoms with Crippen LogP contribution in [-0.2, 0) is 4.79 Å². The number of benzene rings is 2. The van der Waals surface area contributed by atoms with Crippen molar-refractivity contribution in [2.75, 3.05) is 5.32 Å². The zero-order valence-corrected chi connectivity index (χ0v) is 14.8. The SMILES string of the molecule is O=C(CC1CCC(c2ccccc2)CC1)Nc1ccc(OC(F)(F)F)cc1. The van der Waals surface area contributed by atoms with Crippen LogP contribution in [0.15, 0.2) is 54.6 Å². The molecule has 1 amide bonds. The Balaban J connectivity index is 1.45. The van der Waals surface area contributed by atoms with Crippen LogP contribution in [0.5, 0.6) is 5.75 Å². The number of rotatable bonds is 5. The second-order valence-corrected chi connectivity index (χ2v) is 6.95. The van der Waals surface area contributed by atoms with Crippen molar-refractivity contribution in [3.05, 3.63) is 60.2 Å². The van der Waals surface area contributed by atoms with Crippen molar-refractivity contribution in [2.24, 2.45) is 5.92 Å². The number of hydrogen-bond donors (Lipinski definition) is 1. The number of hydrogen-bond acceptors (Lipinski definition) is 2. The average molecular weight is 377 g/mol. The molecule has 0 heterocycles. The van der Waals surface area contributed by atoms with E-state index in [4.69, 9.17) is 0 Å². The van der Waals surface area contributed by atoms with Crippen LogP contribution in [0.2, 0.25) is 0 Å². The van der Waals surface area contributed by atoms with Crippen LogP contribution < -0.4 is 10.1 Å². The maximum atomic E-state index is 12.2. The van der Waals surface area contributed by atoms with Gasteiger partial charge in [0.05, 0.1) is 0 Å². The standard InChI is InChI=1S/C21H22F3NO2/c22-21(23,24)27-19-12-10-18(11-13-19)25-20(26)14-15-6-8-17(9-7-15)16-4-2-1-3-5-16/h1-5,10-13,15,17H,6-9,14H2,(H,25,26). The Morgan fingerprint density at radius 2 is 1.59 bits per heavy atom. The molecule has 0 radical (unpaired) electrons. The second kappa shape index (κ2) is 8.46. The number of anilines is 1. The zero-order chi connectivity index (χ0) is 19.3. The molecule has 27 heavy (non-hydrogen) atoms. The van der Waals surface area contributed by atoms with Gasteiger partial charge in [0, 0.05) is 12.1 Å². The number of ether oxygens (including phenoxy) is 1. The van der Waals surface area contributed by atoms with Crippen molar-refractivity contribution in [1.29, 1.82) is 0 Å². The zero-order valence-electron chi connectivity index (χ0n) is 14.8. The van der Waals surface area contributed by atoms with Crippen LogP contribution in [0.25, 0.3) is 0 Å². The van der Waals surface area contributed by atoms with Crippen LogP contribution in [-0.4, -0.2) is 12.3 Å². The predicted octanol–water partition coefficient (Wildman–Crippen LogP) is 5.89. The monoisotopic (exact) mass is 377 g/mol. The molecule has 2 aromatic carbocycles. The van der Waals surface area contributed by atoms with Gasteiger partial charge in [-0.25, -0.2) is 0 Å². The molecule has 0 aromatic heterocycles. The Morgan fingerprint density at radius 1 is 0.963 bits per heavy atom. The van der Waals surface area contributed by atoms with Crippen LogP contribution in [0.1, 0.15) is 43.6 Å². The van der Waals surface area contributed by atoms with E-state index in [1.54, 1.807) is 0 Å². The Morgan fingerprint density at radius 3 is 2.19 bits per heavy atom. The van der Waals surface area contributed by atoms with Gasteiger partial charge in [-0.1, -0.05) is 30.3 Å². The fourth-order valence-corrected chi connectivity index (χ4v) is 3.64.